The molecule has 0 aliphatic carbocycles. The third-order valence-electron chi connectivity index (χ3n) is 2.40. The molecule has 1 unspecified atom stereocenters. The summed E-state index contributed by atoms with van der Waals surface area (Å²) in [4.78, 5) is 5.40. The fourth-order valence-electron chi connectivity index (χ4n) is 1.51. The summed E-state index contributed by atoms with van der Waals surface area (Å²) in [6, 6.07) is 8.44. The van der Waals surface area contributed by atoms with Gasteiger partial charge in [-0.15, -0.1) is 0 Å². The molecule has 0 aliphatic heterocycles. The fourth-order valence-corrected chi connectivity index (χ4v) is 1.51. The molecule has 0 heterocycles. The van der Waals surface area contributed by atoms with Gasteiger partial charge in [-0.05, 0) is 37.0 Å². The number of hydrogen-bond acceptors (Lipinski definition) is 3. The van der Waals surface area contributed by atoms with E-state index in [1.165, 1.54) is 5.56 Å². The summed E-state index contributed by atoms with van der Waals surface area (Å²) >= 11 is 0. The Kier molecular flexibility index (Phi) is 6.01. The Balaban J connectivity index is 2.31. The van der Waals surface area contributed by atoms with Crippen LogP contribution in [0, 0.1) is 5.92 Å². The van der Waals surface area contributed by atoms with Crippen molar-refractivity contribution in [2.75, 3.05) is 13.7 Å². The molecule has 1 aromatic rings. The van der Waals surface area contributed by atoms with Crippen molar-refractivity contribution in [1.29, 1.82) is 0 Å². The molecule has 1 N–H and O–H groups in total. The zero-order valence-corrected chi connectivity index (χ0v) is 11.2. The Bertz CT molecular complexity index is 309. The van der Waals surface area contributed by atoms with Crippen LogP contribution in [0.25, 0.3) is 0 Å². The summed E-state index contributed by atoms with van der Waals surface area (Å²) < 4.78 is 5.13. The lowest BCUT2D eigenvalue weighted by Crippen LogP contribution is -2.29. The average molecular weight is 237 g/mol. The van der Waals surface area contributed by atoms with E-state index in [1.54, 1.807) is 7.11 Å². The predicted octanol–water partition coefficient (Wildman–Crippen LogP) is 2.80. The molecule has 96 valence electrons. The van der Waals surface area contributed by atoms with E-state index in [0.29, 0.717) is 12.0 Å². The molecule has 0 spiro atoms. The fraction of sp³-hybridized carbons (Fsp3) is 0.571. The van der Waals surface area contributed by atoms with E-state index in [0.717, 1.165) is 18.8 Å². The highest BCUT2D eigenvalue weighted by Gasteiger charge is 2.04. The van der Waals surface area contributed by atoms with E-state index < -0.39 is 0 Å². The van der Waals surface area contributed by atoms with Gasteiger partial charge >= 0.3 is 0 Å². The van der Waals surface area contributed by atoms with Crippen LogP contribution in [-0.4, -0.2) is 19.8 Å². The summed E-state index contributed by atoms with van der Waals surface area (Å²) in [7, 11) is 1.68. The maximum atomic E-state index is 5.40. The number of hydroxylamine groups is 1. The van der Waals surface area contributed by atoms with Crippen LogP contribution in [0.1, 0.15) is 26.3 Å². The van der Waals surface area contributed by atoms with E-state index in [2.05, 4.69) is 38.4 Å². The predicted molar refractivity (Wildman–Crippen MR) is 70.1 cm³/mol. The van der Waals surface area contributed by atoms with Crippen molar-refractivity contribution in [3.63, 3.8) is 0 Å². The second-order valence-electron chi connectivity index (χ2n) is 4.78. The molecule has 1 aromatic carbocycles. The zero-order valence-electron chi connectivity index (χ0n) is 11.2. The number of benzene rings is 1. The summed E-state index contributed by atoms with van der Waals surface area (Å²) in [5.74, 6) is 1.45. The first kappa shape index (κ1) is 14.0. The van der Waals surface area contributed by atoms with Gasteiger partial charge in [-0.2, -0.15) is 5.48 Å². The van der Waals surface area contributed by atoms with Crippen LogP contribution >= 0.6 is 0 Å². The van der Waals surface area contributed by atoms with E-state index in [1.807, 2.05) is 12.1 Å². The average Bonchev–Trinajstić information content (AvgIpc) is 2.29. The number of rotatable bonds is 7. The van der Waals surface area contributed by atoms with Crippen molar-refractivity contribution in [1.82, 2.24) is 5.48 Å². The molecular weight excluding hydrogens is 214 g/mol. The normalized spacial score (nSPS) is 12.8. The van der Waals surface area contributed by atoms with Gasteiger partial charge in [0.05, 0.1) is 13.7 Å². The first-order chi connectivity index (χ1) is 8.11. The zero-order chi connectivity index (χ0) is 12.7. The number of nitrogens with one attached hydrogen (secondary N) is 1. The Morgan fingerprint density at radius 2 is 1.76 bits per heavy atom. The highest BCUT2D eigenvalue weighted by molar-refractivity contribution is 5.27. The Labute approximate surface area is 104 Å². The number of methoxy groups -OCH3 is 1. The van der Waals surface area contributed by atoms with Crippen LogP contribution in [0.15, 0.2) is 24.3 Å². The third kappa shape index (κ3) is 5.71. The topological polar surface area (TPSA) is 30.5 Å². The van der Waals surface area contributed by atoms with Crippen LogP contribution in [0.5, 0.6) is 5.75 Å². The monoisotopic (exact) mass is 237 g/mol. The Morgan fingerprint density at radius 3 is 2.29 bits per heavy atom. The standard InChI is InChI=1S/C14H23NO2/c1-11(2)10-17-15-12(3)9-13-5-7-14(16-4)8-6-13/h5-8,11-12,15H,9-10H2,1-4H3. The van der Waals surface area contributed by atoms with Crippen LogP contribution in [0.3, 0.4) is 0 Å². The minimum Gasteiger partial charge on any atom is -0.497 e. The Morgan fingerprint density at radius 1 is 1.12 bits per heavy atom. The summed E-state index contributed by atoms with van der Waals surface area (Å²) in [5.41, 5.74) is 4.34. The molecule has 1 rings (SSSR count). The molecular formula is C14H23NO2. The van der Waals surface area contributed by atoms with Crippen molar-refractivity contribution in [2.24, 2.45) is 5.92 Å². The van der Waals surface area contributed by atoms with Gasteiger partial charge in [0.15, 0.2) is 0 Å². The van der Waals surface area contributed by atoms with Crippen molar-refractivity contribution in [3.05, 3.63) is 29.8 Å². The number of ether oxygens (including phenoxy) is 1. The van der Waals surface area contributed by atoms with Gasteiger partial charge in [-0.25, -0.2) is 0 Å². The SMILES string of the molecule is COc1ccc(CC(C)NOCC(C)C)cc1. The van der Waals surface area contributed by atoms with Crippen molar-refractivity contribution in [2.45, 2.75) is 33.2 Å². The molecule has 0 radical (unpaired) electrons. The van der Waals surface area contributed by atoms with Gasteiger partial charge < -0.3 is 9.57 Å². The van der Waals surface area contributed by atoms with E-state index in [9.17, 15) is 0 Å². The highest BCUT2D eigenvalue weighted by Crippen LogP contribution is 2.12. The minimum atomic E-state index is 0.308. The quantitative estimate of drug-likeness (QED) is 0.740. The number of hydrogen-bond donors (Lipinski definition) is 1. The van der Waals surface area contributed by atoms with Crippen LogP contribution in [-0.2, 0) is 11.3 Å². The summed E-state index contributed by atoms with van der Waals surface area (Å²) in [5, 5.41) is 0. The molecule has 0 aliphatic rings. The van der Waals surface area contributed by atoms with E-state index in [4.69, 9.17) is 9.57 Å². The molecule has 0 fully saturated rings. The molecule has 3 nitrogen and oxygen atoms in total. The van der Waals surface area contributed by atoms with Gasteiger partial charge in [0, 0.05) is 6.04 Å². The molecule has 0 saturated carbocycles. The molecule has 1 atom stereocenters. The van der Waals surface area contributed by atoms with Crippen LogP contribution in [0.4, 0.5) is 0 Å². The van der Waals surface area contributed by atoms with Crippen LogP contribution in [0.2, 0.25) is 0 Å². The summed E-state index contributed by atoms with van der Waals surface area (Å²) in [6.45, 7) is 7.13. The van der Waals surface area contributed by atoms with Crippen LogP contribution < -0.4 is 10.2 Å². The molecule has 0 bridgehead atoms. The van der Waals surface area contributed by atoms with E-state index in [-0.39, 0.29) is 0 Å². The van der Waals surface area contributed by atoms with Crippen molar-refractivity contribution < 1.29 is 9.57 Å². The molecule has 17 heavy (non-hydrogen) atoms. The maximum absolute atomic E-state index is 5.40. The largest absolute Gasteiger partial charge is 0.497 e. The van der Waals surface area contributed by atoms with Gasteiger partial charge in [0.2, 0.25) is 0 Å². The third-order valence-corrected chi connectivity index (χ3v) is 2.40. The molecule has 3 heteroatoms. The van der Waals surface area contributed by atoms with Gasteiger partial charge in [0.1, 0.15) is 5.75 Å². The highest BCUT2D eigenvalue weighted by atomic mass is 16.6. The van der Waals surface area contributed by atoms with Crippen molar-refractivity contribution >= 4 is 0 Å². The smallest absolute Gasteiger partial charge is 0.118 e. The van der Waals surface area contributed by atoms with Gasteiger partial charge in [-0.1, -0.05) is 26.0 Å². The van der Waals surface area contributed by atoms with Gasteiger partial charge in [-0.3, -0.25) is 0 Å². The van der Waals surface area contributed by atoms with E-state index >= 15 is 0 Å². The summed E-state index contributed by atoms with van der Waals surface area (Å²) in [6.07, 6.45) is 0.947. The first-order valence-corrected chi connectivity index (χ1v) is 6.12. The second-order valence-corrected chi connectivity index (χ2v) is 4.78. The lowest BCUT2D eigenvalue weighted by Gasteiger charge is -2.15. The van der Waals surface area contributed by atoms with Crippen molar-refractivity contribution in [3.8, 4) is 5.75 Å². The Hall–Kier alpha value is -1.06. The lowest BCUT2D eigenvalue weighted by molar-refractivity contribution is 0.00473. The molecule has 0 saturated heterocycles. The maximum Gasteiger partial charge on any atom is 0.118 e. The molecule has 0 aromatic heterocycles. The minimum absolute atomic E-state index is 0.308. The lowest BCUT2D eigenvalue weighted by atomic mass is 10.1. The first-order valence-electron chi connectivity index (χ1n) is 6.12. The molecule has 0 amide bonds. The van der Waals surface area contributed by atoms with Gasteiger partial charge in [0.25, 0.3) is 0 Å². The second kappa shape index (κ2) is 7.30.